The van der Waals surface area contributed by atoms with Gasteiger partial charge in [-0.1, -0.05) is 13.3 Å². The minimum absolute atomic E-state index is 0.231. The summed E-state index contributed by atoms with van der Waals surface area (Å²) >= 11 is 0. The van der Waals surface area contributed by atoms with Crippen molar-refractivity contribution in [1.82, 2.24) is 9.88 Å². The molecule has 1 aliphatic heterocycles. The predicted molar refractivity (Wildman–Crippen MR) is 116 cm³/mol. The lowest BCUT2D eigenvalue weighted by Crippen LogP contribution is -2.33. The third kappa shape index (κ3) is 4.51. The molecule has 4 nitrogen and oxygen atoms in total. The molecule has 1 saturated heterocycles. The molecule has 2 heterocycles. The largest absolute Gasteiger partial charge is 0.361 e. The number of nitrogens with zero attached hydrogens (tertiary/aromatic N) is 1. The zero-order valence-electron chi connectivity index (χ0n) is 16.9. The highest BCUT2D eigenvalue weighted by Gasteiger charge is 2.22. The summed E-state index contributed by atoms with van der Waals surface area (Å²) in [5.74, 6) is -0.0315. The molecule has 5 heteroatoms. The van der Waals surface area contributed by atoms with Crippen LogP contribution in [0, 0.1) is 5.82 Å². The number of aromatic nitrogens is 1. The zero-order valence-corrected chi connectivity index (χ0v) is 16.9. The first kappa shape index (κ1) is 19.6. The monoisotopic (exact) mass is 393 g/mol. The van der Waals surface area contributed by atoms with E-state index in [1.165, 1.54) is 67.4 Å². The molecule has 0 atom stereocenters. The molecule has 4 rings (SSSR count). The number of rotatable bonds is 6. The molecule has 0 saturated carbocycles. The fourth-order valence-corrected chi connectivity index (χ4v) is 4.21. The highest BCUT2D eigenvalue weighted by molar-refractivity contribution is 6.05. The number of carbonyl (C=O) groups excluding carboxylic acids is 1. The van der Waals surface area contributed by atoms with E-state index >= 15 is 0 Å². The maximum Gasteiger partial charge on any atom is 0.255 e. The second kappa shape index (κ2) is 8.78. The summed E-state index contributed by atoms with van der Waals surface area (Å²) in [5.41, 5.74) is 3.63. The fourth-order valence-electron chi connectivity index (χ4n) is 4.21. The Morgan fingerprint density at radius 1 is 1.17 bits per heavy atom. The standard InChI is InChI=1S/C24H28FN3O/c1-2-3-12-28-13-10-17(11-14-28)22-16-26-23-9-8-20(15-21(22)23)27-24(29)18-4-6-19(25)7-5-18/h4-9,15-17,26H,2-3,10-14H2,1H3,(H,27,29). The number of benzene rings is 2. The number of hydrogen-bond donors (Lipinski definition) is 2. The topological polar surface area (TPSA) is 48.1 Å². The smallest absolute Gasteiger partial charge is 0.255 e. The van der Waals surface area contributed by atoms with E-state index < -0.39 is 0 Å². The van der Waals surface area contributed by atoms with Crippen molar-refractivity contribution in [2.24, 2.45) is 0 Å². The maximum atomic E-state index is 13.1. The van der Waals surface area contributed by atoms with Crippen LogP contribution in [0.4, 0.5) is 10.1 Å². The van der Waals surface area contributed by atoms with E-state index in [0.717, 1.165) is 24.3 Å². The molecule has 152 valence electrons. The van der Waals surface area contributed by atoms with Gasteiger partial charge in [0.1, 0.15) is 5.82 Å². The molecule has 0 aliphatic carbocycles. The number of amides is 1. The number of H-pyrrole nitrogens is 1. The van der Waals surface area contributed by atoms with Crippen LogP contribution in [0.5, 0.6) is 0 Å². The van der Waals surface area contributed by atoms with Crippen molar-refractivity contribution in [3.8, 4) is 0 Å². The van der Waals surface area contributed by atoms with Gasteiger partial charge in [-0.15, -0.1) is 0 Å². The summed E-state index contributed by atoms with van der Waals surface area (Å²) in [4.78, 5) is 18.4. The van der Waals surface area contributed by atoms with Gasteiger partial charge in [-0.25, -0.2) is 4.39 Å². The summed E-state index contributed by atoms with van der Waals surface area (Å²) in [6.07, 6.45) is 6.98. The summed E-state index contributed by atoms with van der Waals surface area (Å²) < 4.78 is 13.1. The molecule has 0 spiro atoms. The van der Waals surface area contributed by atoms with Crippen molar-refractivity contribution in [3.63, 3.8) is 0 Å². The molecule has 1 aromatic heterocycles. The summed E-state index contributed by atoms with van der Waals surface area (Å²) in [6, 6.07) is 11.6. The molecule has 0 bridgehead atoms. The number of nitrogens with one attached hydrogen (secondary N) is 2. The SMILES string of the molecule is CCCCN1CCC(c2c[nH]c3ccc(NC(=O)c4ccc(F)cc4)cc23)CC1. The highest BCUT2D eigenvalue weighted by Crippen LogP contribution is 2.34. The van der Waals surface area contributed by atoms with E-state index in [4.69, 9.17) is 0 Å². The van der Waals surface area contributed by atoms with Gasteiger partial charge < -0.3 is 15.2 Å². The predicted octanol–water partition coefficient (Wildman–Crippen LogP) is 5.54. The lowest BCUT2D eigenvalue weighted by molar-refractivity contribution is 0.102. The van der Waals surface area contributed by atoms with Crippen LogP contribution in [0.25, 0.3) is 10.9 Å². The number of aromatic amines is 1. The number of unbranched alkanes of at least 4 members (excludes halogenated alkanes) is 1. The van der Waals surface area contributed by atoms with Crippen molar-refractivity contribution in [2.45, 2.75) is 38.5 Å². The average Bonchev–Trinajstić information content (AvgIpc) is 3.16. The maximum absolute atomic E-state index is 13.1. The number of fused-ring (bicyclic) bond motifs is 1. The number of anilines is 1. The second-order valence-electron chi connectivity index (χ2n) is 7.93. The van der Waals surface area contributed by atoms with Crippen LogP contribution >= 0.6 is 0 Å². The van der Waals surface area contributed by atoms with E-state index in [-0.39, 0.29) is 11.7 Å². The van der Waals surface area contributed by atoms with Crippen molar-refractivity contribution in [2.75, 3.05) is 25.0 Å². The molecule has 0 unspecified atom stereocenters. The second-order valence-corrected chi connectivity index (χ2v) is 7.93. The van der Waals surface area contributed by atoms with Crippen LogP contribution in [-0.2, 0) is 0 Å². The van der Waals surface area contributed by atoms with Crippen LogP contribution in [0.2, 0.25) is 0 Å². The van der Waals surface area contributed by atoms with Gasteiger partial charge in [0.2, 0.25) is 0 Å². The molecule has 2 aromatic carbocycles. The van der Waals surface area contributed by atoms with E-state index in [0.29, 0.717) is 11.5 Å². The third-order valence-electron chi connectivity index (χ3n) is 5.93. The fraction of sp³-hybridized carbons (Fsp3) is 0.375. The van der Waals surface area contributed by atoms with Crippen LogP contribution in [0.3, 0.4) is 0 Å². The highest BCUT2D eigenvalue weighted by atomic mass is 19.1. The van der Waals surface area contributed by atoms with Crippen LogP contribution in [0.1, 0.15) is 54.4 Å². The Hall–Kier alpha value is -2.66. The lowest BCUT2D eigenvalue weighted by atomic mass is 9.89. The molecule has 0 radical (unpaired) electrons. The molecule has 3 aromatic rings. The summed E-state index contributed by atoms with van der Waals surface area (Å²) in [5, 5.41) is 4.11. The lowest BCUT2D eigenvalue weighted by Gasteiger charge is -2.31. The van der Waals surface area contributed by atoms with Crippen LogP contribution in [-0.4, -0.2) is 35.4 Å². The minimum Gasteiger partial charge on any atom is -0.361 e. The molecule has 29 heavy (non-hydrogen) atoms. The number of piperidine rings is 1. The summed E-state index contributed by atoms with van der Waals surface area (Å²) in [7, 11) is 0. The quantitative estimate of drug-likeness (QED) is 0.578. The molecule has 1 fully saturated rings. The number of carbonyl (C=O) groups is 1. The minimum atomic E-state index is -0.347. The van der Waals surface area contributed by atoms with Gasteiger partial charge in [0.25, 0.3) is 5.91 Å². The van der Waals surface area contributed by atoms with E-state index in [1.54, 1.807) is 0 Å². The molecule has 1 aliphatic rings. The first-order valence-corrected chi connectivity index (χ1v) is 10.5. The number of likely N-dealkylation sites (tertiary alicyclic amines) is 1. The Kier molecular flexibility index (Phi) is 5.95. The molecule has 1 amide bonds. The van der Waals surface area contributed by atoms with Crippen molar-refractivity contribution < 1.29 is 9.18 Å². The van der Waals surface area contributed by atoms with E-state index in [1.807, 2.05) is 18.2 Å². The number of hydrogen-bond acceptors (Lipinski definition) is 2. The first-order valence-electron chi connectivity index (χ1n) is 10.5. The molecular weight excluding hydrogens is 365 g/mol. The Morgan fingerprint density at radius 3 is 2.66 bits per heavy atom. The van der Waals surface area contributed by atoms with E-state index in [2.05, 4.69) is 28.3 Å². The average molecular weight is 394 g/mol. The van der Waals surface area contributed by atoms with Gasteiger partial charge in [-0.3, -0.25) is 4.79 Å². The van der Waals surface area contributed by atoms with Gasteiger partial charge in [-0.2, -0.15) is 0 Å². The Balaban J connectivity index is 1.48. The van der Waals surface area contributed by atoms with Crippen molar-refractivity contribution >= 4 is 22.5 Å². The third-order valence-corrected chi connectivity index (χ3v) is 5.93. The Labute approximate surface area is 171 Å². The van der Waals surface area contributed by atoms with Gasteiger partial charge >= 0.3 is 0 Å². The zero-order chi connectivity index (χ0) is 20.2. The Bertz CT molecular complexity index is 971. The Morgan fingerprint density at radius 2 is 1.93 bits per heavy atom. The normalized spacial score (nSPS) is 15.7. The van der Waals surface area contributed by atoms with Crippen LogP contribution < -0.4 is 5.32 Å². The molecule has 2 N–H and O–H groups in total. The van der Waals surface area contributed by atoms with Gasteiger partial charge in [-0.05, 0) is 92.8 Å². The van der Waals surface area contributed by atoms with Gasteiger partial charge in [0.05, 0.1) is 0 Å². The van der Waals surface area contributed by atoms with Gasteiger partial charge in [0, 0.05) is 28.4 Å². The molecular formula is C24H28FN3O. The van der Waals surface area contributed by atoms with E-state index in [9.17, 15) is 9.18 Å². The van der Waals surface area contributed by atoms with Crippen LogP contribution in [0.15, 0.2) is 48.7 Å². The van der Waals surface area contributed by atoms with Gasteiger partial charge in [0.15, 0.2) is 0 Å². The van der Waals surface area contributed by atoms with Crippen molar-refractivity contribution in [3.05, 3.63) is 65.6 Å². The summed E-state index contributed by atoms with van der Waals surface area (Å²) in [6.45, 7) is 5.75. The number of halogens is 1. The first-order chi connectivity index (χ1) is 14.1. The van der Waals surface area contributed by atoms with Crippen molar-refractivity contribution in [1.29, 1.82) is 0 Å².